The summed E-state index contributed by atoms with van der Waals surface area (Å²) in [5, 5.41) is 2.89. The molecule has 0 radical (unpaired) electrons. The number of aromatic nitrogens is 1. The van der Waals surface area contributed by atoms with Crippen LogP contribution in [0.5, 0.6) is 0 Å². The molecule has 7 heteroatoms. The number of carbonyl (C=O) groups is 2. The molecule has 2 heterocycles. The van der Waals surface area contributed by atoms with Gasteiger partial charge in [-0.1, -0.05) is 11.6 Å². The smallest absolute Gasteiger partial charge is 0.408 e. The van der Waals surface area contributed by atoms with Crippen molar-refractivity contribution in [3.8, 4) is 0 Å². The topological polar surface area (TPSA) is 84.5 Å². The number of allylic oxidation sites excluding steroid dienone is 1. The summed E-state index contributed by atoms with van der Waals surface area (Å²) in [7, 11) is 0. The molecule has 2 amide bonds. The van der Waals surface area contributed by atoms with Gasteiger partial charge in [0.2, 0.25) is 5.91 Å². The second-order valence-corrected chi connectivity index (χ2v) is 8.20. The lowest BCUT2D eigenvalue weighted by atomic mass is 9.97. The van der Waals surface area contributed by atoms with Crippen molar-refractivity contribution in [3.63, 3.8) is 0 Å². The Kier molecular flexibility index (Phi) is 6.35. The number of piperidine rings is 1. The lowest BCUT2D eigenvalue weighted by molar-refractivity contribution is -0.121. The highest BCUT2D eigenvalue weighted by Gasteiger charge is 2.20. The summed E-state index contributed by atoms with van der Waals surface area (Å²) in [5.74, 6) is -0.858. The van der Waals surface area contributed by atoms with Crippen molar-refractivity contribution >= 4 is 22.9 Å². The Balaban J connectivity index is 1.44. The Morgan fingerprint density at radius 3 is 2.67 bits per heavy atom. The molecule has 0 saturated carbocycles. The molecule has 30 heavy (non-hydrogen) atoms. The van der Waals surface area contributed by atoms with Crippen LogP contribution in [0.4, 0.5) is 0 Å². The van der Waals surface area contributed by atoms with Gasteiger partial charge in [-0.25, -0.2) is 4.79 Å². The van der Waals surface area contributed by atoms with Gasteiger partial charge in [0, 0.05) is 25.2 Å². The van der Waals surface area contributed by atoms with Gasteiger partial charge in [0.25, 0.3) is 5.91 Å². The number of amides is 2. The summed E-state index contributed by atoms with van der Waals surface area (Å²) in [6, 6.07) is 4.99. The van der Waals surface area contributed by atoms with Gasteiger partial charge in [-0.3, -0.25) is 14.2 Å². The van der Waals surface area contributed by atoms with E-state index in [2.05, 4.69) is 11.4 Å². The Bertz CT molecular complexity index is 1010. The molecule has 1 aromatic heterocycles. The third kappa shape index (κ3) is 4.66. The number of benzene rings is 1. The van der Waals surface area contributed by atoms with Crippen molar-refractivity contribution in [2.75, 3.05) is 19.6 Å². The van der Waals surface area contributed by atoms with Crippen molar-refractivity contribution in [1.82, 2.24) is 14.8 Å². The van der Waals surface area contributed by atoms with E-state index >= 15 is 0 Å². The first-order valence-corrected chi connectivity index (χ1v) is 11.0. The maximum Gasteiger partial charge on any atom is 0.420 e. The molecule has 1 aliphatic heterocycles. The van der Waals surface area contributed by atoms with E-state index < -0.39 is 5.76 Å². The highest BCUT2D eigenvalue weighted by atomic mass is 16.4. The van der Waals surface area contributed by atoms with Crippen LogP contribution in [0.3, 0.4) is 0 Å². The van der Waals surface area contributed by atoms with Crippen LogP contribution >= 0.6 is 0 Å². The van der Waals surface area contributed by atoms with E-state index in [1.165, 1.54) is 23.0 Å². The molecule has 4 rings (SSSR count). The van der Waals surface area contributed by atoms with E-state index in [4.69, 9.17) is 4.42 Å². The van der Waals surface area contributed by atoms with E-state index in [0.29, 0.717) is 23.2 Å². The van der Waals surface area contributed by atoms with Crippen molar-refractivity contribution in [1.29, 1.82) is 0 Å². The molecule has 2 aromatic rings. The van der Waals surface area contributed by atoms with Crippen LogP contribution in [0.25, 0.3) is 11.1 Å². The fourth-order valence-corrected chi connectivity index (χ4v) is 4.32. The minimum absolute atomic E-state index is 0.0398. The average molecular weight is 412 g/mol. The predicted molar refractivity (Wildman–Crippen MR) is 114 cm³/mol. The van der Waals surface area contributed by atoms with Crippen LogP contribution in [0.2, 0.25) is 0 Å². The van der Waals surface area contributed by atoms with E-state index in [9.17, 15) is 14.4 Å². The lowest BCUT2D eigenvalue weighted by Gasteiger charge is -2.26. The van der Waals surface area contributed by atoms with Crippen LogP contribution < -0.4 is 11.1 Å². The minimum Gasteiger partial charge on any atom is -0.408 e. The third-order valence-corrected chi connectivity index (χ3v) is 6.01. The first kappa shape index (κ1) is 20.4. The molecule has 7 nitrogen and oxygen atoms in total. The molecule has 0 atom stereocenters. The van der Waals surface area contributed by atoms with Crippen molar-refractivity contribution in [2.45, 2.75) is 57.9 Å². The number of rotatable bonds is 6. The number of carbonyl (C=O) groups excluding carboxylic acids is 2. The molecular formula is C23H29N3O4. The van der Waals surface area contributed by atoms with E-state index in [1.54, 1.807) is 18.2 Å². The van der Waals surface area contributed by atoms with Gasteiger partial charge in [0.05, 0.1) is 5.52 Å². The van der Waals surface area contributed by atoms with Gasteiger partial charge in [-0.05, 0) is 69.6 Å². The molecule has 2 aliphatic rings. The molecule has 1 aromatic carbocycles. The number of nitrogens with zero attached hydrogens (tertiary/aromatic N) is 2. The number of hydrogen-bond acceptors (Lipinski definition) is 4. The summed E-state index contributed by atoms with van der Waals surface area (Å²) in [6.07, 6.45) is 11.0. The number of nitrogens with one attached hydrogen (secondary N) is 1. The quantitative estimate of drug-likeness (QED) is 0.740. The molecule has 1 N–H and O–H groups in total. The Morgan fingerprint density at radius 2 is 1.90 bits per heavy atom. The van der Waals surface area contributed by atoms with E-state index in [-0.39, 0.29) is 18.4 Å². The summed E-state index contributed by atoms with van der Waals surface area (Å²) in [4.78, 5) is 39.3. The monoisotopic (exact) mass is 411 g/mol. The molecule has 1 saturated heterocycles. The third-order valence-electron chi connectivity index (χ3n) is 6.01. The van der Waals surface area contributed by atoms with Crippen LogP contribution in [-0.2, 0) is 11.3 Å². The van der Waals surface area contributed by atoms with Crippen LogP contribution in [0, 0.1) is 0 Å². The van der Waals surface area contributed by atoms with Gasteiger partial charge < -0.3 is 14.6 Å². The molecule has 0 unspecified atom stereocenters. The fourth-order valence-electron chi connectivity index (χ4n) is 4.32. The van der Waals surface area contributed by atoms with Gasteiger partial charge in [0.1, 0.15) is 6.54 Å². The molecular weight excluding hydrogens is 382 g/mol. The van der Waals surface area contributed by atoms with Crippen LogP contribution in [0.15, 0.2) is 39.1 Å². The zero-order valence-electron chi connectivity index (χ0n) is 17.3. The van der Waals surface area contributed by atoms with Crippen molar-refractivity contribution in [2.24, 2.45) is 0 Å². The summed E-state index contributed by atoms with van der Waals surface area (Å²) >= 11 is 0. The first-order valence-electron chi connectivity index (χ1n) is 11.0. The number of fused-ring (bicyclic) bond motifs is 1. The Morgan fingerprint density at radius 1 is 1.07 bits per heavy atom. The van der Waals surface area contributed by atoms with Crippen molar-refractivity contribution in [3.05, 3.63) is 46.0 Å². The average Bonchev–Trinajstić information content (AvgIpc) is 3.09. The fraction of sp³-hybridized carbons (Fsp3) is 0.522. The summed E-state index contributed by atoms with van der Waals surface area (Å²) in [6.45, 7) is 1.96. The number of likely N-dealkylation sites (tertiary alicyclic amines) is 1. The van der Waals surface area contributed by atoms with Gasteiger partial charge in [0.15, 0.2) is 5.58 Å². The summed E-state index contributed by atoms with van der Waals surface area (Å²) < 4.78 is 6.58. The standard InChI is InChI=1S/C23H29N3O4/c27-21(24-12-11-17-7-3-1-4-8-17)16-26-19-15-18(9-10-20(19)30-23(26)29)22(28)25-13-5-2-6-14-25/h7,9-10,15H,1-6,8,11-14,16H2,(H,24,27). The molecule has 1 fully saturated rings. The second-order valence-electron chi connectivity index (χ2n) is 8.20. The highest BCUT2D eigenvalue weighted by Crippen LogP contribution is 2.20. The molecule has 160 valence electrons. The highest BCUT2D eigenvalue weighted by molar-refractivity contribution is 5.97. The normalized spacial score (nSPS) is 17.1. The second kappa shape index (κ2) is 9.32. The minimum atomic E-state index is -0.585. The van der Waals surface area contributed by atoms with E-state index in [1.807, 2.05) is 4.90 Å². The SMILES string of the molecule is O=C(Cn1c(=O)oc2ccc(C(=O)N3CCCCC3)cc21)NCCC1=CCCCC1. The molecule has 1 aliphatic carbocycles. The number of hydrogen-bond donors (Lipinski definition) is 1. The van der Waals surface area contributed by atoms with Gasteiger partial charge in [-0.15, -0.1) is 0 Å². The maximum atomic E-state index is 12.8. The van der Waals surface area contributed by atoms with Gasteiger partial charge >= 0.3 is 5.76 Å². The largest absolute Gasteiger partial charge is 0.420 e. The van der Waals surface area contributed by atoms with Crippen LogP contribution in [0.1, 0.15) is 61.7 Å². The van der Waals surface area contributed by atoms with Gasteiger partial charge in [-0.2, -0.15) is 0 Å². The predicted octanol–water partition coefficient (Wildman–Crippen LogP) is 3.23. The van der Waals surface area contributed by atoms with E-state index in [0.717, 1.165) is 51.6 Å². The maximum absolute atomic E-state index is 12.8. The Hall–Kier alpha value is -2.83. The summed E-state index contributed by atoms with van der Waals surface area (Å²) in [5.41, 5.74) is 2.78. The first-order chi connectivity index (χ1) is 14.6. The number of oxazole rings is 1. The zero-order valence-corrected chi connectivity index (χ0v) is 17.3. The molecule has 0 bridgehead atoms. The molecule has 0 spiro atoms. The zero-order chi connectivity index (χ0) is 20.9. The van der Waals surface area contributed by atoms with Crippen LogP contribution in [-0.4, -0.2) is 40.9 Å². The van der Waals surface area contributed by atoms with Crippen molar-refractivity contribution < 1.29 is 14.0 Å². The Labute approximate surface area is 175 Å². The lowest BCUT2D eigenvalue weighted by Crippen LogP contribution is -2.35.